The second-order valence-corrected chi connectivity index (χ2v) is 5.63. The maximum absolute atomic E-state index is 12.1. The van der Waals surface area contributed by atoms with E-state index in [1.807, 2.05) is 0 Å². The lowest BCUT2D eigenvalue weighted by atomic mass is 9.85. The summed E-state index contributed by atoms with van der Waals surface area (Å²) in [5.74, 6) is 1.92. The van der Waals surface area contributed by atoms with Crippen LogP contribution >= 0.6 is 0 Å². The van der Waals surface area contributed by atoms with Crippen LogP contribution in [-0.2, 0) is 4.79 Å². The molecular formula is C14H26N2O. The lowest BCUT2D eigenvalue weighted by Crippen LogP contribution is -2.37. The summed E-state index contributed by atoms with van der Waals surface area (Å²) in [4.78, 5) is 14.2. The highest BCUT2D eigenvalue weighted by Gasteiger charge is 2.23. The van der Waals surface area contributed by atoms with Gasteiger partial charge in [0.15, 0.2) is 0 Å². The van der Waals surface area contributed by atoms with Gasteiger partial charge in [-0.15, -0.1) is 0 Å². The highest BCUT2D eigenvalue weighted by atomic mass is 16.2. The van der Waals surface area contributed by atoms with E-state index in [0.717, 1.165) is 50.9 Å². The highest BCUT2D eigenvalue weighted by Crippen LogP contribution is 2.27. The Morgan fingerprint density at radius 2 is 2.12 bits per heavy atom. The molecule has 1 amide bonds. The van der Waals surface area contributed by atoms with E-state index in [-0.39, 0.29) is 0 Å². The van der Waals surface area contributed by atoms with Crippen LogP contribution in [0.25, 0.3) is 0 Å². The van der Waals surface area contributed by atoms with Crippen molar-refractivity contribution in [2.75, 3.05) is 26.2 Å². The van der Waals surface area contributed by atoms with Crippen molar-refractivity contribution in [2.45, 2.75) is 45.4 Å². The average molecular weight is 238 g/mol. The van der Waals surface area contributed by atoms with E-state index in [2.05, 4.69) is 17.1 Å². The fourth-order valence-corrected chi connectivity index (χ4v) is 2.84. The van der Waals surface area contributed by atoms with Crippen LogP contribution in [0.5, 0.6) is 0 Å². The van der Waals surface area contributed by atoms with Crippen LogP contribution in [-0.4, -0.2) is 37.0 Å². The van der Waals surface area contributed by atoms with E-state index in [0.29, 0.717) is 5.91 Å². The van der Waals surface area contributed by atoms with Gasteiger partial charge in [0.2, 0.25) is 5.91 Å². The third-order valence-electron chi connectivity index (χ3n) is 4.37. The molecule has 1 saturated carbocycles. The standard InChI is InChI=1S/C14H26N2O/c1-2-16(11-13-4-3-5-13)14(17)7-6-12-8-9-15-10-12/h12-13,15H,2-11H2,1H3. The van der Waals surface area contributed by atoms with Crippen molar-refractivity contribution in [2.24, 2.45) is 11.8 Å². The molecule has 0 radical (unpaired) electrons. The van der Waals surface area contributed by atoms with Crippen molar-refractivity contribution in [3.63, 3.8) is 0 Å². The van der Waals surface area contributed by atoms with Crippen LogP contribution in [0.2, 0.25) is 0 Å². The summed E-state index contributed by atoms with van der Waals surface area (Å²) in [5, 5.41) is 3.36. The molecule has 1 unspecified atom stereocenters. The number of carbonyl (C=O) groups is 1. The first-order chi connectivity index (χ1) is 8.29. The minimum absolute atomic E-state index is 0.381. The summed E-state index contributed by atoms with van der Waals surface area (Å²) in [6.45, 7) is 6.25. The highest BCUT2D eigenvalue weighted by molar-refractivity contribution is 5.76. The Balaban J connectivity index is 1.67. The summed E-state index contributed by atoms with van der Waals surface area (Å²) in [6.07, 6.45) is 7.11. The number of carbonyl (C=O) groups excluding carboxylic acids is 1. The summed E-state index contributed by atoms with van der Waals surface area (Å²) >= 11 is 0. The Labute approximate surface area is 105 Å². The van der Waals surface area contributed by atoms with Crippen molar-refractivity contribution in [1.29, 1.82) is 0 Å². The predicted octanol–water partition coefficient (Wildman–Crippen LogP) is 2.02. The minimum atomic E-state index is 0.381. The molecule has 0 aromatic rings. The van der Waals surface area contributed by atoms with Crippen LogP contribution in [0, 0.1) is 11.8 Å². The van der Waals surface area contributed by atoms with Gasteiger partial charge in [-0.25, -0.2) is 0 Å². The van der Waals surface area contributed by atoms with Crippen LogP contribution in [0.1, 0.15) is 45.4 Å². The van der Waals surface area contributed by atoms with E-state index >= 15 is 0 Å². The molecule has 2 aliphatic rings. The summed E-state index contributed by atoms with van der Waals surface area (Å²) < 4.78 is 0. The van der Waals surface area contributed by atoms with Crippen LogP contribution in [0.3, 0.4) is 0 Å². The monoisotopic (exact) mass is 238 g/mol. The Bertz CT molecular complexity index is 245. The van der Waals surface area contributed by atoms with E-state index < -0.39 is 0 Å². The van der Waals surface area contributed by atoms with Crippen molar-refractivity contribution in [3.8, 4) is 0 Å². The van der Waals surface area contributed by atoms with E-state index in [4.69, 9.17) is 0 Å². The van der Waals surface area contributed by atoms with Gasteiger partial charge in [0.25, 0.3) is 0 Å². The Morgan fingerprint density at radius 1 is 1.29 bits per heavy atom. The summed E-state index contributed by atoms with van der Waals surface area (Å²) in [5.41, 5.74) is 0. The molecule has 3 nitrogen and oxygen atoms in total. The quantitative estimate of drug-likeness (QED) is 0.768. The molecule has 0 bridgehead atoms. The molecule has 1 saturated heterocycles. The lowest BCUT2D eigenvalue weighted by molar-refractivity contribution is -0.132. The molecule has 1 aliphatic carbocycles. The first kappa shape index (κ1) is 12.9. The maximum Gasteiger partial charge on any atom is 0.222 e. The summed E-state index contributed by atoms with van der Waals surface area (Å²) in [6, 6.07) is 0. The number of rotatable bonds is 6. The Kier molecular flexibility index (Phi) is 4.84. The van der Waals surface area contributed by atoms with Gasteiger partial charge in [-0.1, -0.05) is 6.42 Å². The second kappa shape index (κ2) is 6.39. The van der Waals surface area contributed by atoms with Gasteiger partial charge >= 0.3 is 0 Å². The topological polar surface area (TPSA) is 32.3 Å². The van der Waals surface area contributed by atoms with E-state index in [9.17, 15) is 4.79 Å². The number of hydrogen-bond donors (Lipinski definition) is 1. The zero-order chi connectivity index (χ0) is 12.1. The Hall–Kier alpha value is -0.570. The number of hydrogen-bond acceptors (Lipinski definition) is 2. The molecule has 1 atom stereocenters. The molecule has 98 valence electrons. The van der Waals surface area contributed by atoms with Crippen LogP contribution in [0.4, 0.5) is 0 Å². The molecule has 17 heavy (non-hydrogen) atoms. The Morgan fingerprint density at radius 3 is 2.65 bits per heavy atom. The maximum atomic E-state index is 12.1. The third-order valence-corrected chi connectivity index (χ3v) is 4.37. The fourth-order valence-electron chi connectivity index (χ4n) is 2.84. The van der Waals surface area contributed by atoms with Crippen LogP contribution < -0.4 is 5.32 Å². The van der Waals surface area contributed by atoms with Gasteiger partial charge < -0.3 is 10.2 Å². The smallest absolute Gasteiger partial charge is 0.222 e. The number of nitrogens with one attached hydrogen (secondary N) is 1. The third kappa shape index (κ3) is 3.70. The number of amides is 1. The molecule has 3 heteroatoms. The molecule has 1 aliphatic heterocycles. The molecule has 0 aromatic heterocycles. The van der Waals surface area contributed by atoms with Crippen molar-refractivity contribution in [3.05, 3.63) is 0 Å². The predicted molar refractivity (Wildman–Crippen MR) is 69.8 cm³/mol. The molecule has 1 N–H and O–H groups in total. The van der Waals surface area contributed by atoms with Crippen molar-refractivity contribution < 1.29 is 4.79 Å². The molecule has 0 spiro atoms. The van der Waals surface area contributed by atoms with Gasteiger partial charge in [0.1, 0.15) is 0 Å². The van der Waals surface area contributed by atoms with E-state index in [1.54, 1.807) is 0 Å². The zero-order valence-corrected chi connectivity index (χ0v) is 11.1. The molecule has 0 aromatic carbocycles. The zero-order valence-electron chi connectivity index (χ0n) is 11.1. The first-order valence-electron chi connectivity index (χ1n) is 7.28. The van der Waals surface area contributed by atoms with Crippen LogP contribution in [0.15, 0.2) is 0 Å². The van der Waals surface area contributed by atoms with E-state index in [1.165, 1.54) is 25.7 Å². The number of nitrogens with zero attached hydrogens (tertiary/aromatic N) is 1. The van der Waals surface area contributed by atoms with Gasteiger partial charge in [0.05, 0.1) is 0 Å². The molecule has 1 heterocycles. The molecule has 2 rings (SSSR count). The summed E-state index contributed by atoms with van der Waals surface area (Å²) in [7, 11) is 0. The molecule has 2 fully saturated rings. The van der Waals surface area contributed by atoms with Gasteiger partial charge in [-0.2, -0.15) is 0 Å². The van der Waals surface area contributed by atoms with Gasteiger partial charge in [0, 0.05) is 19.5 Å². The minimum Gasteiger partial charge on any atom is -0.343 e. The van der Waals surface area contributed by atoms with Gasteiger partial charge in [-0.3, -0.25) is 4.79 Å². The largest absolute Gasteiger partial charge is 0.343 e. The molecular weight excluding hydrogens is 212 g/mol. The SMILES string of the molecule is CCN(CC1CCC1)C(=O)CCC1CCNC1. The second-order valence-electron chi connectivity index (χ2n) is 5.63. The first-order valence-corrected chi connectivity index (χ1v) is 7.28. The van der Waals surface area contributed by atoms with Crippen molar-refractivity contribution in [1.82, 2.24) is 10.2 Å². The van der Waals surface area contributed by atoms with Gasteiger partial charge in [-0.05, 0) is 57.5 Å². The average Bonchev–Trinajstić information content (AvgIpc) is 2.77. The normalized spacial score (nSPS) is 24.6. The lowest BCUT2D eigenvalue weighted by Gasteiger charge is -2.32. The fraction of sp³-hybridized carbons (Fsp3) is 0.929. The van der Waals surface area contributed by atoms with Crippen molar-refractivity contribution >= 4 is 5.91 Å².